The molecule has 2 aromatic rings. The highest BCUT2D eigenvalue weighted by molar-refractivity contribution is 7.89. The van der Waals surface area contributed by atoms with Gasteiger partial charge in [-0.1, -0.05) is 17.7 Å². The fourth-order valence-corrected chi connectivity index (χ4v) is 3.08. The van der Waals surface area contributed by atoms with Gasteiger partial charge in [-0.25, -0.2) is 13.1 Å². The SMILES string of the molecule is Cc1cc(S(=O)(=O)NCC(=O)Nc2cccc(C#N)c2)ccc1Cl. The van der Waals surface area contributed by atoms with E-state index in [2.05, 4.69) is 10.0 Å². The average molecular weight is 364 g/mol. The summed E-state index contributed by atoms with van der Waals surface area (Å²) in [5, 5.41) is 11.8. The second-order valence-electron chi connectivity index (χ2n) is 4.98. The van der Waals surface area contributed by atoms with E-state index in [9.17, 15) is 13.2 Å². The van der Waals surface area contributed by atoms with Crippen LogP contribution in [-0.2, 0) is 14.8 Å². The predicted octanol–water partition coefficient (Wildman–Crippen LogP) is 2.44. The van der Waals surface area contributed by atoms with E-state index >= 15 is 0 Å². The molecule has 0 fully saturated rings. The summed E-state index contributed by atoms with van der Waals surface area (Å²) in [4.78, 5) is 11.9. The molecule has 0 aliphatic heterocycles. The number of benzene rings is 2. The van der Waals surface area contributed by atoms with Crippen LogP contribution in [0.3, 0.4) is 0 Å². The van der Waals surface area contributed by atoms with Gasteiger partial charge in [0.15, 0.2) is 0 Å². The van der Waals surface area contributed by atoms with Crippen molar-refractivity contribution in [1.29, 1.82) is 5.26 Å². The van der Waals surface area contributed by atoms with Crippen LogP contribution in [0.5, 0.6) is 0 Å². The van der Waals surface area contributed by atoms with Gasteiger partial charge in [-0.05, 0) is 48.9 Å². The number of nitriles is 1. The Morgan fingerprint density at radius 2 is 2.00 bits per heavy atom. The third-order valence-corrected chi connectivity index (χ3v) is 4.96. The van der Waals surface area contributed by atoms with Gasteiger partial charge in [0.2, 0.25) is 15.9 Å². The lowest BCUT2D eigenvalue weighted by Gasteiger charge is -2.09. The van der Waals surface area contributed by atoms with Crippen molar-refractivity contribution < 1.29 is 13.2 Å². The molecule has 2 aromatic carbocycles. The third kappa shape index (κ3) is 4.55. The highest BCUT2D eigenvalue weighted by Gasteiger charge is 2.16. The molecule has 8 heteroatoms. The normalized spacial score (nSPS) is 10.9. The Labute approximate surface area is 145 Å². The molecule has 0 bridgehead atoms. The molecule has 0 aliphatic carbocycles. The van der Waals surface area contributed by atoms with Crippen LogP contribution in [0, 0.1) is 18.3 Å². The number of anilines is 1. The molecule has 6 nitrogen and oxygen atoms in total. The van der Waals surface area contributed by atoms with Gasteiger partial charge in [0.1, 0.15) is 0 Å². The minimum atomic E-state index is -3.82. The van der Waals surface area contributed by atoms with Crippen molar-refractivity contribution in [3.8, 4) is 6.07 Å². The monoisotopic (exact) mass is 363 g/mol. The standard InChI is InChI=1S/C16H14ClN3O3S/c1-11-7-14(5-6-15(11)17)24(22,23)19-10-16(21)20-13-4-2-3-12(8-13)9-18/h2-8,19H,10H2,1H3,(H,20,21). The average Bonchev–Trinajstić information content (AvgIpc) is 2.55. The Kier molecular flexibility index (Phi) is 5.57. The summed E-state index contributed by atoms with van der Waals surface area (Å²) in [6.07, 6.45) is 0. The summed E-state index contributed by atoms with van der Waals surface area (Å²) >= 11 is 5.87. The van der Waals surface area contributed by atoms with Gasteiger partial charge in [-0.2, -0.15) is 5.26 Å². The van der Waals surface area contributed by atoms with Gasteiger partial charge in [-0.15, -0.1) is 0 Å². The number of rotatable bonds is 5. The summed E-state index contributed by atoms with van der Waals surface area (Å²) < 4.78 is 26.6. The van der Waals surface area contributed by atoms with E-state index in [1.54, 1.807) is 25.1 Å². The summed E-state index contributed by atoms with van der Waals surface area (Å²) in [5.41, 5.74) is 1.43. The lowest BCUT2D eigenvalue weighted by Crippen LogP contribution is -2.32. The maximum Gasteiger partial charge on any atom is 0.241 e. The second kappa shape index (κ2) is 7.45. The number of nitrogens with zero attached hydrogens (tertiary/aromatic N) is 1. The van der Waals surface area contributed by atoms with Crippen molar-refractivity contribution in [2.75, 3.05) is 11.9 Å². The molecule has 0 aliphatic rings. The van der Waals surface area contributed by atoms with Gasteiger partial charge < -0.3 is 5.32 Å². The molecule has 24 heavy (non-hydrogen) atoms. The van der Waals surface area contributed by atoms with E-state index in [1.165, 1.54) is 24.3 Å². The zero-order valence-electron chi connectivity index (χ0n) is 12.7. The van der Waals surface area contributed by atoms with Crippen LogP contribution >= 0.6 is 11.6 Å². The van der Waals surface area contributed by atoms with Crippen molar-refractivity contribution in [2.24, 2.45) is 0 Å². The molecule has 2 rings (SSSR count). The van der Waals surface area contributed by atoms with Crippen molar-refractivity contribution in [3.05, 3.63) is 58.6 Å². The molecule has 0 atom stereocenters. The smallest absolute Gasteiger partial charge is 0.241 e. The molecule has 2 N–H and O–H groups in total. The number of hydrogen-bond acceptors (Lipinski definition) is 4. The minimum Gasteiger partial charge on any atom is -0.325 e. The van der Waals surface area contributed by atoms with E-state index < -0.39 is 22.5 Å². The number of aryl methyl sites for hydroxylation is 1. The van der Waals surface area contributed by atoms with Crippen LogP contribution in [0.2, 0.25) is 5.02 Å². The maximum absolute atomic E-state index is 12.2. The molecule has 0 radical (unpaired) electrons. The second-order valence-corrected chi connectivity index (χ2v) is 7.15. The fraction of sp³-hybridized carbons (Fsp3) is 0.125. The van der Waals surface area contributed by atoms with Crippen LogP contribution in [-0.4, -0.2) is 20.9 Å². The zero-order valence-corrected chi connectivity index (χ0v) is 14.3. The number of carbonyl (C=O) groups excluding carboxylic acids is 1. The van der Waals surface area contributed by atoms with Crippen molar-refractivity contribution in [1.82, 2.24) is 4.72 Å². The molecule has 0 unspecified atom stereocenters. The van der Waals surface area contributed by atoms with Crippen molar-refractivity contribution in [2.45, 2.75) is 11.8 Å². The topological polar surface area (TPSA) is 99.1 Å². The number of halogens is 1. The lowest BCUT2D eigenvalue weighted by molar-refractivity contribution is -0.115. The highest BCUT2D eigenvalue weighted by atomic mass is 35.5. The molecular formula is C16H14ClN3O3S. The summed E-state index contributed by atoms with van der Waals surface area (Å²) in [5.74, 6) is -0.542. The number of amides is 1. The van der Waals surface area contributed by atoms with E-state index in [0.29, 0.717) is 21.8 Å². The largest absolute Gasteiger partial charge is 0.325 e. The van der Waals surface area contributed by atoms with Crippen molar-refractivity contribution >= 4 is 33.2 Å². The summed E-state index contributed by atoms with van der Waals surface area (Å²) in [6.45, 7) is 1.26. The first-order valence-electron chi connectivity index (χ1n) is 6.87. The minimum absolute atomic E-state index is 0.0312. The molecule has 0 saturated carbocycles. The zero-order chi connectivity index (χ0) is 17.7. The van der Waals surface area contributed by atoms with Gasteiger partial charge in [0, 0.05) is 10.7 Å². The van der Waals surface area contributed by atoms with Crippen LogP contribution in [0.15, 0.2) is 47.4 Å². The van der Waals surface area contributed by atoms with Gasteiger partial charge in [0.05, 0.1) is 23.1 Å². The summed E-state index contributed by atoms with van der Waals surface area (Å²) in [6, 6.07) is 12.6. The van der Waals surface area contributed by atoms with E-state index in [0.717, 1.165) is 0 Å². The number of hydrogen-bond donors (Lipinski definition) is 2. The molecule has 0 saturated heterocycles. The Morgan fingerprint density at radius 3 is 2.67 bits per heavy atom. The van der Waals surface area contributed by atoms with Crippen molar-refractivity contribution in [3.63, 3.8) is 0 Å². The quantitative estimate of drug-likeness (QED) is 0.852. The number of nitrogens with one attached hydrogen (secondary N) is 2. The fourth-order valence-electron chi connectivity index (χ4n) is 1.90. The first kappa shape index (κ1) is 17.9. The summed E-state index contributed by atoms with van der Waals surface area (Å²) in [7, 11) is -3.82. The molecule has 124 valence electrons. The van der Waals surface area contributed by atoms with Crippen LogP contribution in [0.4, 0.5) is 5.69 Å². The Balaban J connectivity index is 2.02. The number of carbonyl (C=O) groups is 1. The molecule has 0 aromatic heterocycles. The Morgan fingerprint density at radius 1 is 1.25 bits per heavy atom. The Bertz CT molecular complexity index is 920. The molecular weight excluding hydrogens is 350 g/mol. The van der Waals surface area contributed by atoms with Gasteiger partial charge in [0.25, 0.3) is 0 Å². The van der Waals surface area contributed by atoms with Gasteiger partial charge >= 0.3 is 0 Å². The van der Waals surface area contributed by atoms with Gasteiger partial charge in [-0.3, -0.25) is 4.79 Å². The molecule has 0 heterocycles. The van der Waals surface area contributed by atoms with Crippen LogP contribution in [0.1, 0.15) is 11.1 Å². The van der Waals surface area contributed by atoms with E-state index in [4.69, 9.17) is 16.9 Å². The highest BCUT2D eigenvalue weighted by Crippen LogP contribution is 2.19. The third-order valence-electron chi connectivity index (χ3n) is 3.14. The Hall–Kier alpha value is -2.40. The molecule has 0 spiro atoms. The van der Waals surface area contributed by atoms with Crippen LogP contribution in [0.25, 0.3) is 0 Å². The molecule has 1 amide bonds. The number of sulfonamides is 1. The maximum atomic E-state index is 12.2. The first-order valence-corrected chi connectivity index (χ1v) is 8.74. The predicted molar refractivity (Wildman–Crippen MR) is 91.2 cm³/mol. The van der Waals surface area contributed by atoms with E-state index in [-0.39, 0.29) is 4.90 Å². The lowest BCUT2D eigenvalue weighted by atomic mass is 10.2. The van der Waals surface area contributed by atoms with Crippen LogP contribution < -0.4 is 10.0 Å². The first-order chi connectivity index (χ1) is 11.3. The van der Waals surface area contributed by atoms with E-state index in [1.807, 2.05) is 6.07 Å².